The summed E-state index contributed by atoms with van der Waals surface area (Å²) in [5.74, 6) is -3.30. The van der Waals surface area contributed by atoms with Gasteiger partial charge in [0.15, 0.2) is 17.3 Å². The molecule has 2 aromatic carbocycles. The van der Waals surface area contributed by atoms with E-state index in [-0.39, 0.29) is 51.8 Å². The van der Waals surface area contributed by atoms with Gasteiger partial charge in [-0.3, -0.25) is 19.2 Å². The van der Waals surface area contributed by atoms with Crippen LogP contribution in [0.4, 0.5) is 10.1 Å². The van der Waals surface area contributed by atoms with Crippen LogP contribution >= 0.6 is 0 Å². The van der Waals surface area contributed by atoms with E-state index in [9.17, 15) is 33.8 Å². The maximum absolute atomic E-state index is 13.8. The van der Waals surface area contributed by atoms with Crippen LogP contribution in [0.3, 0.4) is 0 Å². The third-order valence-electron chi connectivity index (χ3n) is 7.34. The molecule has 0 fully saturated rings. The standard InChI is InChI=1S/C30H31FN2O7/c1-15-26(37)24(17(3)34)28-25(27(15)38)30(4)21(40-28)14-20(35)23(29(30)39)16(2)32-12-7-5-6-11-22(36)33-19-10-8-9-18(31)13-19/h8-10,13-14,32,37-38H,5-7,11-12H2,1-4H3,(H,33,36)/b23-16+. The van der Waals surface area contributed by atoms with Gasteiger partial charge < -0.3 is 25.6 Å². The van der Waals surface area contributed by atoms with Crippen molar-refractivity contribution < 1.29 is 38.5 Å². The second-order valence-corrected chi connectivity index (χ2v) is 10.2. The Bertz CT molecular complexity index is 1510. The lowest BCUT2D eigenvalue weighted by atomic mass is 9.70. The first-order chi connectivity index (χ1) is 18.9. The average molecular weight is 551 g/mol. The highest BCUT2D eigenvalue weighted by molar-refractivity contribution is 6.31. The Hall–Kier alpha value is -4.47. The van der Waals surface area contributed by atoms with E-state index in [1.54, 1.807) is 13.0 Å². The van der Waals surface area contributed by atoms with Crippen molar-refractivity contribution in [3.8, 4) is 17.2 Å². The number of unbranched alkanes of at least 4 members (excludes halogenated alkanes) is 2. The first-order valence-corrected chi connectivity index (χ1v) is 13.0. The average Bonchev–Trinajstić information content (AvgIpc) is 3.17. The fraction of sp³-hybridized carbons (Fsp3) is 0.333. The van der Waals surface area contributed by atoms with Crippen molar-refractivity contribution in [3.05, 3.63) is 69.9 Å². The number of hydrogen-bond acceptors (Lipinski definition) is 8. The van der Waals surface area contributed by atoms with Gasteiger partial charge in [0.2, 0.25) is 5.91 Å². The molecule has 1 atom stereocenters. The highest BCUT2D eigenvalue weighted by Crippen LogP contribution is 2.57. The number of halogens is 1. The van der Waals surface area contributed by atoms with Gasteiger partial charge in [0, 0.05) is 36.0 Å². The number of aromatic hydroxyl groups is 2. The molecule has 10 heteroatoms. The van der Waals surface area contributed by atoms with E-state index in [1.165, 1.54) is 45.0 Å². The van der Waals surface area contributed by atoms with Crippen molar-refractivity contribution in [1.82, 2.24) is 5.32 Å². The number of anilines is 1. The molecule has 0 bridgehead atoms. The molecule has 4 N–H and O–H groups in total. The summed E-state index contributed by atoms with van der Waals surface area (Å²) in [4.78, 5) is 51.1. The second-order valence-electron chi connectivity index (χ2n) is 10.2. The molecule has 0 radical (unpaired) electrons. The van der Waals surface area contributed by atoms with Crippen LogP contribution < -0.4 is 15.4 Å². The summed E-state index contributed by atoms with van der Waals surface area (Å²) in [6.45, 7) is 6.22. The van der Waals surface area contributed by atoms with Crippen molar-refractivity contribution in [2.45, 2.75) is 58.8 Å². The number of fused-ring (bicyclic) bond motifs is 3. The van der Waals surface area contributed by atoms with Crippen LogP contribution in [0.2, 0.25) is 0 Å². The fourth-order valence-electron chi connectivity index (χ4n) is 5.10. The molecule has 0 aromatic heterocycles. The number of carbonyl (C=O) groups is 4. The lowest BCUT2D eigenvalue weighted by Gasteiger charge is -2.29. The van der Waals surface area contributed by atoms with Crippen molar-refractivity contribution in [3.63, 3.8) is 0 Å². The summed E-state index contributed by atoms with van der Waals surface area (Å²) < 4.78 is 19.0. The van der Waals surface area contributed by atoms with Gasteiger partial charge in [-0.2, -0.15) is 0 Å². The Morgan fingerprint density at radius 2 is 1.80 bits per heavy atom. The number of rotatable bonds is 9. The number of phenolic OH excluding ortho intramolecular Hbond substituents is 2. The number of nitrogens with one attached hydrogen (secondary N) is 2. The molecule has 1 unspecified atom stereocenters. The summed E-state index contributed by atoms with van der Waals surface area (Å²) >= 11 is 0. The number of benzene rings is 2. The summed E-state index contributed by atoms with van der Waals surface area (Å²) in [5, 5.41) is 27.1. The van der Waals surface area contributed by atoms with Crippen molar-refractivity contribution >= 4 is 28.9 Å². The van der Waals surface area contributed by atoms with Crippen LogP contribution in [-0.4, -0.2) is 40.0 Å². The molecule has 1 aliphatic heterocycles. The van der Waals surface area contributed by atoms with Crippen LogP contribution in [0.15, 0.2) is 47.4 Å². The summed E-state index contributed by atoms with van der Waals surface area (Å²) in [5.41, 5.74) is -0.995. The van der Waals surface area contributed by atoms with Gasteiger partial charge in [0.05, 0.1) is 11.1 Å². The third kappa shape index (κ3) is 4.97. The summed E-state index contributed by atoms with van der Waals surface area (Å²) in [6.07, 6.45) is 3.39. The Kier molecular flexibility index (Phi) is 7.81. The van der Waals surface area contributed by atoms with E-state index in [1.807, 2.05) is 0 Å². The Morgan fingerprint density at radius 1 is 1.07 bits per heavy atom. The fourth-order valence-corrected chi connectivity index (χ4v) is 5.10. The first-order valence-electron chi connectivity index (χ1n) is 13.0. The smallest absolute Gasteiger partial charge is 0.224 e. The number of Topliss-reactive ketones (excluding diaryl/α,β-unsaturated/α-hetero) is 2. The SMILES string of the molecule is CC(=O)c1c(O)c(C)c(O)c2c1OC1=CC(=O)/C(=C(/C)NCCCCCC(=O)Nc3cccc(F)c3)C(=O)C12C. The molecule has 40 heavy (non-hydrogen) atoms. The maximum atomic E-state index is 13.8. The van der Waals surface area contributed by atoms with Crippen LogP contribution in [0, 0.1) is 12.7 Å². The first kappa shape index (κ1) is 28.5. The molecule has 0 saturated carbocycles. The van der Waals surface area contributed by atoms with E-state index < -0.39 is 34.3 Å². The van der Waals surface area contributed by atoms with Crippen LogP contribution in [-0.2, 0) is 19.8 Å². The zero-order chi connectivity index (χ0) is 29.4. The zero-order valence-corrected chi connectivity index (χ0v) is 22.7. The van der Waals surface area contributed by atoms with Crippen molar-refractivity contribution in [2.75, 3.05) is 11.9 Å². The second kappa shape index (κ2) is 11.0. The van der Waals surface area contributed by atoms with Gasteiger partial charge in [-0.05, 0) is 58.7 Å². The monoisotopic (exact) mass is 550 g/mol. The van der Waals surface area contributed by atoms with Crippen molar-refractivity contribution in [1.29, 1.82) is 0 Å². The molecule has 1 aliphatic carbocycles. The Balaban J connectivity index is 1.43. The molecule has 4 rings (SSSR count). The van der Waals surface area contributed by atoms with Crippen molar-refractivity contribution in [2.24, 2.45) is 0 Å². The predicted molar refractivity (Wildman–Crippen MR) is 145 cm³/mol. The lowest BCUT2D eigenvalue weighted by Crippen LogP contribution is -2.41. The molecule has 1 heterocycles. The number of allylic oxidation sites excluding steroid dienone is 4. The van der Waals surface area contributed by atoms with Gasteiger partial charge in [0.25, 0.3) is 0 Å². The Morgan fingerprint density at radius 3 is 2.48 bits per heavy atom. The molecule has 210 valence electrons. The Labute approximate surface area is 230 Å². The van der Waals surface area contributed by atoms with Gasteiger partial charge in [0.1, 0.15) is 39.8 Å². The quantitative estimate of drug-likeness (QED) is 0.155. The van der Waals surface area contributed by atoms with Gasteiger partial charge in [-0.15, -0.1) is 0 Å². The summed E-state index contributed by atoms with van der Waals surface area (Å²) in [7, 11) is 0. The molecule has 0 saturated heterocycles. The van der Waals surface area contributed by atoms with Crippen LogP contribution in [0.5, 0.6) is 17.2 Å². The van der Waals surface area contributed by atoms with E-state index in [2.05, 4.69) is 10.6 Å². The largest absolute Gasteiger partial charge is 0.507 e. The van der Waals surface area contributed by atoms with E-state index in [0.717, 1.165) is 0 Å². The van der Waals surface area contributed by atoms with E-state index in [4.69, 9.17) is 4.74 Å². The summed E-state index contributed by atoms with van der Waals surface area (Å²) in [6, 6.07) is 5.67. The number of ether oxygens (including phenoxy) is 1. The maximum Gasteiger partial charge on any atom is 0.224 e. The minimum Gasteiger partial charge on any atom is -0.507 e. The number of hydrogen-bond donors (Lipinski definition) is 4. The van der Waals surface area contributed by atoms with Crippen LogP contribution in [0.25, 0.3) is 0 Å². The topological polar surface area (TPSA) is 142 Å². The van der Waals surface area contributed by atoms with Gasteiger partial charge in [-0.25, -0.2) is 4.39 Å². The van der Waals surface area contributed by atoms with Gasteiger partial charge in [-0.1, -0.05) is 12.5 Å². The number of phenols is 2. The number of amides is 1. The van der Waals surface area contributed by atoms with Crippen LogP contribution in [0.1, 0.15) is 67.9 Å². The molecular weight excluding hydrogens is 519 g/mol. The minimum absolute atomic E-state index is 0.0200. The van der Waals surface area contributed by atoms with E-state index >= 15 is 0 Å². The highest BCUT2D eigenvalue weighted by atomic mass is 19.1. The number of carbonyl (C=O) groups excluding carboxylic acids is 4. The van der Waals surface area contributed by atoms with E-state index in [0.29, 0.717) is 37.2 Å². The molecule has 2 aromatic rings. The third-order valence-corrected chi connectivity index (χ3v) is 7.34. The normalized spacial score (nSPS) is 18.9. The minimum atomic E-state index is -1.57. The highest BCUT2D eigenvalue weighted by Gasteiger charge is 2.56. The molecule has 9 nitrogen and oxygen atoms in total. The molecule has 0 spiro atoms. The molecule has 1 amide bonds. The predicted octanol–water partition coefficient (Wildman–Crippen LogP) is 4.50. The van der Waals surface area contributed by atoms with Gasteiger partial charge >= 0.3 is 0 Å². The zero-order valence-electron chi connectivity index (χ0n) is 22.7. The molecular formula is C30H31FN2O7. The number of ketones is 3. The lowest BCUT2D eigenvalue weighted by molar-refractivity contribution is -0.123. The molecule has 2 aliphatic rings.